The normalized spacial score (nSPS) is 14.2. The van der Waals surface area contributed by atoms with Crippen molar-refractivity contribution < 1.29 is 16.8 Å². The van der Waals surface area contributed by atoms with Gasteiger partial charge in [0, 0.05) is 26.0 Å². The Morgan fingerprint density at radius 1 is 1.05 bits per heavy atom. The van der Waals surface area contributed by atoms with E-state index < -0.39 is 10.4 Å². The fourth-order valence-electron chi connectivity index (χ4n) is 2.18. The van der Waals surface area contributed by atoms with Gasteiger partial charge < -0.3 is 9.80 Å². The van der Waals surface area contributed by atoms with Crippen LogP contribution in [0.15, 0.2) is 12.4 Å². The van der Waals surface area contributed by atoms with Crippen molar-refractivity contribution in [2.45, 2.75) is 58.3 Å². The number of halogens is 2. The molecule has 1 heterocycles. The Kier molecular flexibility index (Phi) is 12.1. The summed E-state index contributed by atoms with van der Waals surface area (Å²) in [6.45, 7) is 4.59. The van der Waals surface area contributed by atoms with Crippen molar-refractivity contribution in [3.8, 4) is 0 Å². The zero-order valence-electron chi connectivity index (χ0n) is 13.6. The Morgan fingerprint density at radius 3 is 1.95 bits per heavy atom. The van der Waals surface area contributed by atoms with Gasteiger partial charge in [0.25, 0.3) is 0 Å². The van der Waals surface area contributed by atoms with Crippen LogP contribution in [0.25, 0.3) is 0 Å². The van der Waals surface area contributed by atoms with Crippen LogP contribution in [0.3, 0.4) is 0 Å². The van der Waals surface area contributed by atoms with Crippen LogP contribution < -0.4 is 4.94 Å². The molecule has 0 fully saturated rings. The van der Waals surface area contributed by atoms with Gasteiger partial charge in [-0.3, -0.25) is 0 Å². The van der Waals surface area contributed by atoms with Crippen molar-refractivity contribution in [3.63, 3.8) is 0 Å². The predicted molar refractivity (Wildman–Crippen MR) is 85.4 cm³/mol. The van der Waals surface area contributed by atoms with Crippen LogP contribution >= 0.6 is 0 Å². The fraction of sp³-hybridized carbons (Fsp3) is 0.857. The van der Waals surface area contributed by atoms with Gasteiger partial charge in [0.05, 0.1) is 6.67 Å². The molecular formula is C14H29F2N3O2S. The molecule has 0 atom stereocenters. The lowest BCUT2D eigenvalue weighted by molar-refractivity contribution is 0.290. The number of hydrogen-bond donors (Lipinski definition) is 1. The smallest absolute Gasteiger partial charge is 0.362 e. The third-order valence-corrected chi connectivity index (χ3v) is 3.51. The Bertz CT molecular complexity index is 392. The first kappa shape index (κ1) is 21.1. The van der Waals surface area contributed by atoms with Gasteiger partial charge in [0.2, 0.25) is 0 Å². The average molecular weight is 341 g/mol. The lowest BCUT2D eigenvalue weighted by Gasteiger charge is -2.17. The summed E-state index contributed by atoms with van der Waals surface area (Å²) in [4.78, 5) is 4.54. The molecule has 132 valence electrons. The summed E-state index contributed by atoms with van der Waals surface area (Å²) >= 11 is 0. The summed E-state index contributed by atoms with van der Waals surface area (Å²) in [5.41, 5.74) is 0. The molecule has 22 heavy (non-hydrogen) atoms. The maximum atomic E-state index is 10.6. The van der Waals surface area contributed by atoms with Crippen LogP contribution in [0.4, 0.5) is 8.37 Å². The molecule has 5 nitrogen and oxygen atoms in total. The molecule has 0 aromatic heterocycles. The maximum Gasteiger partial charge on any atom is 0.398 e. The van der Waals surface area contributed by atoms with E-state index in [-0.39, 0.29) is 4.94 Å². The van der Waals surface area contributed by atoms with Gasteiger partial charge in [-0.25, -0.2) is 0 Å². The second-order valence-corrected chi connectivity index (χ2v) is 6.53. The molecule has 0 spiro atoms. The highest BCUT2D eigenvalue weighted by Gasteiger charge is 2.06. The van der Waals surface area contributed by atoms with Crippen molar-refractivity contribution in [2.75, 3.05) is 20.3 Å². The highest BCUT2D eigenvalue weighted by atomic mass is 32.3. The first-order chi connectivity index (χ1) is 10.4. The molecule has 0 aliphatic carbocycles. The Morgan fingerprint density at radius 2 is 1.55 bits per heavy atom. The number of unbranched alkanes of at least 4 members (excludes halogenated alkanes) is 7. The van der Waals surface area contributed by atoms with E-state index in [4.69, 9.17) is 8.42 Å². The summed E-state index contributed by atoms with van der Waals surface area (Å²) in [6, 6.07) is 0. The van der Waals surface area contributed by atoms with Crippen LogP contribution in [0.5, 0.6) is 0 Å². The first-order valence-electron chi connectivity index (χ1n) is 7.83. The van der Waals surface area contributed by atoms with E-state index in [0.29, 0.717) is 0 Å². The van der Waals surface area contributed by atoms with Gasteiger partial charge >= 0.3 is 10.4 Å². The molecular weight excluding hydrogens is 312 g/mol. The quantitative estimate of drug-likeness (QED) is 0.375. The van der Waals surface area contributed by atoms with Crippen LogP contribution in [-0.4, -0.2) is 38.5 Å². The minimum atomic E-state index is -5.08. The topological polar surface area (TPSA) is 52.7 Å². The highest BCUT2D eigenvalue weighted by Crippen LogP contribution is 2.10. The van der Waals surface area contributed by atoms with Gasteiger partial charge in [0.15, 0.2) is 0 Å². The van der Waals surface area contributed by atoms with E-state index in [0.717, 1.165) is 6.67 Å². The summed E-state index contributed by atoms with van der Waals surface area (Å²) in [5, 5.41) is 0. The SMILES string of the molecule is CCCCCCCCCCN1C=CN(C)C1.O=S(=O)(F)NF. The molecule has 1 aliphatic rings. The number of nitrogens with one attached hydrogen (secondary N) is 1. The molecule has 0 saturated carbocycles. The molecule has 0 amide bonds. The van der Waals surface area contributed by atoms with Crippen LogP contribution in [0.2, 0.25) is 0 Å². The average Bonchev–Trinajstić information content (AvgIpc) is 2.87. The largest absolute Gasteiger partial charge is 0.398 e. The van der Waals surface area contributed by atoms with E-state index in [1.54, 1.807) is 0 Å². The van der Waals surface area contributed by atoms with Gasteiger partial charge in [0.1, 0.15) is 0 Å². The fourth-order valence-corrected chi connectivity index (χ4v) is 2.18. The monoisotopic (exact) mass is 341 g/mol. The van der Waals surface area contributed by atoms with Crippen molar-refractivity contribution in [1.29, 1.82) is 0 Å². The molecule has 0 aromatic carbocycles. The third-order valence-electron chi connectivity index (χ3n) is 3.33. The van der Waals surface area contributed by atoms with E-state index >= 15 is 0 Å². The summed E-state index contributed by atoms with van der Waals surface area (Å²) < 4.78 is 38.6. The molecule has 1 rings (SSSR count). The molecule has 0 unspecified atom stereocenters. The number of rotatable bonds is 10. The van der Waals surface area contributed by atoms with E-state index in [9.17, 15) is 8.37 Å². The van der Waals surface area contributed by atoms with Crippen LogP contribution in [0.1, 0.15) is 58.3 Å². The van der Waals surface area contributed by atoms with Crippen molar-refractivity contribution in [1.82, 2.24) is 14.7 Å². The third kappa shape index (κ3) is 14.1. The van der Waals surface area contributed by atoms with Crippen LogP contribution in [0, 0.1) is 0 Å². The Labute approximate surface area is 133 Å². The number of nitrogens with zero attached hydrogens (tertiary/aromatic N) is 2. The maximum absolute atomic E-state index is 10.6. The van der Waals surface area contributed by atoms with Gasteiger partial charge in [-0.15, -0.1) is 4.48 Å². The molecule has 0 radical (unpaired) electrons. The molecule has 1 aliphatic heterocycles. The lowest BCUT2D eigenvalue weighted by atomic mass is 10.1. The van der Waals surface area contributed by atoms with E-state index in [2.05, 4.69) is 36.2 Å². The standard InChI is InChI=1S/C14H28N2.F2HNO2S/c1-3-4-5-6-7-8-9-10-11-16-13-12-15(2)14-16;1-3-6(2,4)5/h12-13H,3-11,14H2,1-2H3;3H. The summed E-state index contributed by atoms with van der Waals surface area (Å²) in [7, 11) is -2.95. The minimum absolute atomic E-state index is 0.0903. The molecule has 0 aromatic rings. The lowest BCUT2D eigenvalue weighted by Crippen LogP contribution is -2.23. The molecule has 0 bridgehead atoms. The van der Waals surface area contributed by atoms with Crippen molar-refractivity contribution in [2.24, 2.45) is 0 Å². The van der Waals surface area contributed by atoms with Gasteiger partial charge in [-0.1, -0.05) is 55.8 Å². The first-order valence-corrected chi connectivity index (χ1v) is 9.22. The highest BCUT2D eigenvalue weighted by molar-refractivity contribution is 7.84. The summed E-state index contributed by atoms with van der Waals surface area (Å²) in [6.07, 6.45) is 15.7. The van der Waals surface area contributed by atoms with Crippen LogP contribution in [-0.2, 0) is 10.4 Å². The van der Waals surface area contributed by atoms with Crippen molar-refractivity contribution in [3.05, 3.63) is 12.4 Å². The number of hydrogen-bond acceptors (Lipinski definition) is 4. The zero-order valence-corrected chi connectivity index (χ0v) is 14.4. The minimum Gasteiger partial charge on any atom is -0.362 e. The van der Waals surface area contributed by atoms with Gasteiger partial charge in [-0.2, -0.15) is 8.42 Å². The zero-order chi connectivity index (χ0) is 16.8. The molecule has 0 saturated heterocycles. The van der Waals surface area contributed by atoms with E-state index in [1.165, 1.54) is 57.9 Å². The van der Waals surface area contributed by atoms with E-state index in [1.807, 2.05) is 0 Å². The second kappa shape index (κ2) is 12.6. The Balaban J connectivity index is 0.000000626. The van der Waals surface area contributed by atoms with Crippen molar-refractivity contribution >= 4 is 10.4 Å². The second-order valence-electron chi connectivity index (χ2n) is 5.50. The van der Waals surface area contributed by atoms with Gasteiger partial charge in [-0.05, 0) is 11.4 Å². The Hall–Kier alpha value is -0.890. The molecule has 8 heteroatoms. The predicted octanol–water partition coefficient (Wildman–Crippen LogP) is 3.48. The molecule has 1 N–H and O–H groups in total. The summed E-state index contributed by atoms with van der Waals surface area (Å²) in [5.74, 6) is 0.